The SMILES string of the molecule is NC1CCC(Nc2cn[nH]c2)C1. The lowest BCUT2D eigenvalue weighted by molar-refractivity contribution is 0.688. The first-order chi connectivity index (χ1) is 5.84. The highest BCUT2D eigenvalue weighted by Crippen LogP contribution is 2.20. The molecule has 1 aliphatic carbocycles. The zero-order valence-electron chi connectivity index (χ0n) is 6.96. The lowest BCUT2D eigenvalue weighted by Gasteiger charge is -2.10. The Balaban J connectivity index is 1.88. The first-order valence-corrected chi connectivity index (χ1v) is 4.35. The fourth-order valence-corrected chi connectivity index (χ4v) is 1.71. The van der Waals surface area contributed by atoms with Crippen LogP contribution in [0.15, 0.2) is 12.4 Å². The van der Waals surface area contributed by atoms with Crippen LogP contribution in [0, 0.1) is 0 Å². The number of nitrogens with two attached hydrogens (primary N) is 1. The lowest BCUT2D eigenvalue weighted by atomic mass is 10.2. The van der Waals surface area contributed by atoms with Crippen molar-refractivity contribution >= 4 is 5.69 Å². The molecular weight excluding hydrogens is 152 g/mol. The molecule has 0 aliphatic heterocycles. The Morgan fingerprint density at radius 2 is 2.50 bits per heavy atom. The second-order valence-electron chi connectivity index (χ2n) is 3.40. The van der Waals surface area contributed by atoms with Crippen LogP contribution < -0.4 is 11.1 Å². The van der Waals surface area contributed by atoms with E-state index in [4.69, 9.17) is 5.73 Å². The minimum Gasteiger partial charge on any atom is -0.380 e. The van der Waals surface area contributed by atoms with E-state index in [1.807, 2.05) is 6.20 Å². The summed E-state index contributed by atoms with van der Waals surface area (Å²) in [5.41, 5.74) is 6.85. The van der Waals surface area contributed by atoms with Gasteiger partial charge in [-0.25, -0.2) is 0 Å². The van der Waals surface area contributed by atoms with Crippen LogP contribution in [0.5, 0.6) is 0 Å². The first kappa shape index (κ1) is 7.61. The van der Waals surface area contributed by atoms with E-state index in [0.29, 0.717) is 12.1 Å². The maximum atomic E-state index is 5.79. The Hall–Kier alpha value is -1.03. The Bertz CT molecular complexity index is 231. The molecule has 1 aliphatic rings. The molecule has 2 rings (SSSR count). The van der Waals surface area contributed by atoms with E-state index in [9.17, 15) is 0 Å². The van der Waals surface area contributed by atoms with Gasteiger partial charge in [0.15, 0.2) is 0 Å². The Labute approximate surface area is 71.5 Å². The zero-order chi connectivity index (χ0) is 8.39. The smallest absolute Gasteiger partial charge is 0.0725 e. The van der Waals surface area contributed by atoms with Crippen LogP contribution in [0.1, 0.15) is 19.3 Å². The van der Waals surface area contributed by atoms with E-state index < -0.39 is 0 Å². The second-order valence-corrected chi connectivity index (χ2v) is 3.40. The van der Waals surface area contributed by atoms with Crippen molar-refractivity contribution < 1.29 is 0 Å². The van der Waals surface area contributed by atoms with Crippen LogP contribution in [0.2, 0.25) is 0 Å². The van der Waals surface area contributed by atoms with Gasteiger partial charge >= 0.3 is 0 Å². The molecule has 12 heavy (non-hydrogen) atoms. The second kappa shape index (κ2) is 3.15. The molecule has 4 nitrogen and oxygen atoms in total. The number of anilines is 1. The van der Waals surface area contributed by atoms with Crippen molar-refractivity contribution in [3.8, 4) is 0 Å². The van der Waals surface area contributed by atoms with E-state index in [1.54, 1.807) is 6.20 Å². The molecule has 1 aromatic heterocycles. The van der Waals surface area contributed by atoms with Gasteiger partial charge < -0.3 is 11.1 Å². The molecule has 2 unspecified atom stereocenters. The van der Waals surface area contributed by atoms with Gasteiger partial charge in [-0.15, -0.1) is 0 Å². The average Bonchev–Trinajstić information content (AvgIpc) is 2.63. The van der Waals surface area contributed by atoms with Crippen LogP contribution >= 0.6 is 0 Å². The molecule has 2 atom stereocenters. The minimum absolute atomic E-state index is 0.384. The van der Waals surface area contributed by atoms with E-state index >= 15 is 0 Å². The summed E-state index contributed by atoms with van der Waals surface area (Å²) in [5.74, 6) is 0. The van der Waals surface area contributed by atoms with Crippen molar-refractivity contribution in [3.63, 3.8) is 0 Å². The molecule has 0 saturated heterocycles. The molecule has 66 valence electrons. The van der Waals surface area contributed by atoms with Crippen molar-refractivity contribution in [3.05, 3.63) is 12.4 Å². The van der Waals surface area contributed by atoms with Gasteiger partial charge in [0, 0.05) is 18.3 Å². The third-order valence-corrected chi connectivity index (χ3v) is 2.34. The molecule has 4 heteroatoms. The first-order valence-electron chi connectivity index (χ1n) is 4.35. The summed E-state index contributed by atoms with van der Waals surface area (Å²) in [6, 6.07) is 0.923. The maximum Gasteiger partial charge on any atom is 0.0725 e. The fraction of sp³-hybridized carbons (Fsp3) is 0.625. The predicted molar refractivity (Wildman–Crippen MR) is 47.8 cm³/mol. The fourth-order valence-electron chi connectivity index (χ4n) is 1.71. The molecule has 1 saturated carbocycles. The highest BCUT2D eigenvalue weighted by molar-refractivity contribution is 5.38. The lowest BCUT2D eigenvalue weighted by Crippen LogP contribution is -2.20. The standard InChI is InChI=1S/C8H14N4/c9-6-1-2-7(3-6)12-8-4-10-11-5-8/h4-7,12H,1-3,9H2,(H,10,11). The van der Waals surface area contributed by atoms with Crippen LogP contribution in [-0.2, 0) is 0 Å². The van der Waals surface area contributed by atoms with E-state index in [0.717, 1.165) is 18.5 Å². The van der Waals surface area contributed by atoms with Crippen LogP contribution in [0.4, 0.5) is 5.69 Å². The van der Waals surface area contributed by atoms with Crippen molar-refractivity contribution in [2.75, 3.05) is 5.32 Å². The summed E-state index contributed by atoms with van der Waals surface area (Å²) >= 11 is 0. The number of rotatable bonds is 2. The van der Waals surface area contributed by atoms with Gasteiger partial charge in [-0.05, 0) is 19.3 Å². The van der Waals surface area contributed by atoms with Gasteiger partial charge in [-0.2, -0.15) is 5.10 Å². The van der Waals surface area contributed by atoms with Crippen LogP contribution in [-0.4, -0.2) is 22.3 Å². The summed E-state index contributed by atoms with van der Waals surface area (Å²) < 4.78 is 0. The quantitative estimate of drug-likeness (QED) is 0.606. The van der Waals surface area contributed by atoms with Crippen molar-refractivity contribution in [2.24, 2.45) is 5.73 Å². The minimum atomic E-state index is 0.384. The van der Waals surface area contributed by atoms with Gasteiger partial charge in [0.2, 0.25) is 0 Å². The zero-order valence-corrected chi connectivity index (χ0v) is 6.96. The van der Waals surface area contributed by atoms with Gasteiger partial charge in [-0.1, -0.05) is 0 Å². The Morgan fingerprint density at radius 3 is 3.08 bits per heavy atom. The topological polar surface area (TPSA) is 66.7 Å². The molecule has 0 aromatic carbocycles. The van der Waals surface area contributed by atoms with E-state index in [2.05, 4.69) is 15.5 Å². The van der Waals surface area contributed by atoms with Gasteiger partial charge in [0.05, 0.1) is 11.9 Å². The maximum absolute atomic E-state index is 5.79. The summed E-state index contributed by atoms with van der Waals surface area (Å²) in [5, 5.41) is 10.0. The summed E-state index contributed by atoms with van der Waals surface area (Å²) in [7, 11) is 0. The van der Waals surface area contributed by atoms with E-state index in [-0.39, 0.29) is 0 Å². The van der Waals surface area contributed by atoms with E-state index in [1.165, 1.54) is 6.42 Å². The van der Waals surface area contributed by atoms with Gasteiger partial charge in [0.1, 0.15) is 0 Å². The number of hydrogen-bond acceptors (Lipinski definition) is 3. The van der Waals surface area contributed by atoms with Crippen LogP contribution in [0.25, 0.3) is 0 Å². The van der Waals surface area contributed by atoms with Crippen molar-refractivity contribution in [2.45, 2.75) is 31.3 Å². The Kier molecular flexibility index (Phi) is 1.99. The van der Waals surface area contributed by atoms with Gasteiger partial charge in [0.25, 0.3) is 0 Å². The molecule has 4 N–H and O–H groups in total. The summed E-state index contributed by atoms with van der Waals surface area (Å²) in [6.07, 6.45) is 7.04. The molecular formula is C8H14N4. The summed E-state index contributed by atoms with van der Waals surface area (Å²) in [4.78, 5) is 0. The molecule has 0 amide bonds. The number of nitrogens with zero attached hydrogens (tertiary/aromatic N) is 1. The normalized spacial score (nSPS) is 29.1. The average molecular weight is 166 g/mol. The molecule has 1 aromatic rings. The molecule has 0 bridgehead atoms. The molecule has 0 radical (unpaired) electrons. The monoisotopic (exact) mass is 166 g/mol. The highest BCUT2D eigenvalue weighted by atomic mass is 15.1. The Morgan fingerprint density at radius 1 is 1.58 bits per heavy atom. The third-order valence-electron chi connectivity index (χ3n) is 2.34. The largest absolute Gasteiger partial charge is 0.380 e. The number of nitrogens with one attached hydrogen (secondary N) is 2. The number of H-pyrrole nitrogens is 1. The predicted octanol–water partition coefficient (Wildman–Crippen LogP) is 0.701. The number of aromatic amines is 1. The molecule has 0 spiro atoms. The highest BCUT2D eigenvalue weighted by Gasteiger charge is 2.21. The molecule has 1 fully saturated rings. The third kappa shape index (κ3) is 1.58. The van der Waals surface area contributed by atoms with Gasteiger partial charge in [-0.3, -0.25) is 5.10 Å². The number of hydrogen-bond donors (Lipinski definition) is 3. The summed E-state index contributed by atoms with van der Waals surface area (Å²) in [6.45, 7) is 0. The molecule has 1 heterocycles. The van der Waals surface area contributed by atoms with Crippen molar-refractivity contribution in [1.29, 1.82) is 0 Å². The number of aromatic nitrogens is 2. The van der Waals surface area contributed by atoms with Crippen LogP contribution in [0.3, 0.4) is 0 Å². The van der Waals surface area contributed by atoms with Crippen molar-refractivity contribution in [1.82, 2.24) is 10.2 Å².